The van der Waals surface area contributed by atoms with Crippen LogP contribution in [0.15, 0.2) is 24.3 Å². The highest BCUT2D eigenvalue weighted by atomic mass is 19.1. The highest BCUT2D eigenvalue weighted by molar-refractivity contribution is 5.76. The lowest BCUT2D eigenvalue weighted by molar-refractivity contribution is -0.122. The Bertz CT molecular complexity index is 655. The third-order valence-corrected chi connectivity index (χ3v) is 5.95. The fourth-order valence-corrected chi connectivity index (χ4v) is 4.09. The Labute approximate surface area is 173 Å². The van der Waals surface area contributed by atoms with E-state index in [4.69, 9.17) is 0 Å². The Morgan fingerprint density at radius 3 is 2.38 bits per heavy atom. The van der Waals surface area contributed by atoms with Crippen LogP contribution in [0.4, 0.5) is 9.18 Å². The SMILES string of the molecule is O=C(CCCCCNC(=O)NC1CCCCC1)NC(c1ccc(F)cc1)C1CC1. The predicted molar refractivity (Wildman–Crippen MR) is 112 cm³/mol. The van der Waals surface area contributed by atoms with Crippen molar-refractivity contribution in [1.29, 1.82) is 0 Å². The summed E-state index contributed by atoms with van der Waals surface area (Å²) < 4.78 is 13.1. The topological polar surface area (TPSA) is 70.2 Å². The Kier molecular flexibility index (Phi) is 8.32. The minimum absolute atomic E-state index is 0.00625. The van der Waals surface area contributed by atoms with Gasteiger partial charge in [-0.05, 0) is 62.1 Å². The van der Waals surface area contributed by atoms with Gasteiger partial charge in [0.25, 0.3) is 0 Å². The van der Waals surface area contributed by atoms with Crippen LogP contribution >= 0.6 is 0 Å². The van der Waals surface area contributed by atoms with Crippen molar-refractivity contribution in [3.8, 4) is 0 Å². The molecular weight excluding hydrogens is 369 g/mol. The van der Waals surface area contributed by atoms with Crippen molar-refractivity contribution in [3.05, 3.63) is 35.6 Å². The third-order valence-electron chi connectivity index (χ3n) is 5.95. The number of hydrogen-bond acceptors (Lipinski definition) is 2. The van der Waals surface area contributed by atoms with Crippen molar-refractivity contribution < 1.29 is 14.0 Å². The lowest BCUT2D eigenvalue weighted by atomic mass is 9.96. The normalized spacial score (nSPS) is 18.1. The van der Waals surface area contributed by atoms with Crippen LogP contribution < -0.4 is 16.0 Å². The summed E-state index contributed by atoms with van der Waals surface area (Å²) in [5.74, 6) is 0.265. The quantitative estimate of drug-likeness (QED) is 0.500. The molecule has 5 nitrogen and oxygen atoms in total. The first-order valence-corrected chi connectivity index (χ1v) is 11.2. The predicted octanol–water partition coefficient (Wildman–Crippen LogP) is 4.59. The first kappa shape index (κ1) is 21.6. The van der Waals surface area contributed by atoms with E-state index in [2.05, 4.69) is 16.0 Å². The molecule has 1 atom stereocenters. The Morgan fingerprint density at radius 1 is 0.966 bits per heavy atom. The molecule has 6 heteroatoms. The maximum atomic E-state index is 13.1. The summed E-state index contributed by atoms with van der Waals surface area (Å²) in [7, 11) is 0. The number of rotatable bonds is 10. The van der Waals surface area contributed by atoms with Crippen LogP contribution in [0.3, 0.4) is 0 Å². The molecule has 1 unspecified atom stereocenters. The molecule has 2 saturated carbocycles. The largest absolute Gasteiger partial charge is 0.349 e. The van der Waals surface area contributed by atoms with E-state index < -0.39 is 0 Å². The Morgan fingerprint density at radius 2 is 1.69 bits per heavy atom. The van der Waals surface area contributed by atoms with E-state index in [0.29, 0.717) is 24.9 Å². The van der Waals surface area contributed by atoms with Crippen LogP contribution in [-0.4, -0.2) is 24.5 Å². The van der Waals surface area contributed by atoms with E-state index in [-0.39, 0.29) is 23.8 Å². The Hall–Kier alpha value is -2.11. The molecule has 2 aliphatic rings. The van der Waals surface area contributed by atoms with Crippen LogP contribution in [0.2, 0.25) is 0 Å². The van der Waals surface area contributed by atoms with E-state index in [0.717, 1.165) is 50.5 Å². The number of unbranched alkanes of at least 4 members (excludes halogenated alkanes) is 2. The van der Waals surface area contributed by atoms with E-state index in [9.17, 15) is 14.0 Å². The van der Waals surface area contributed by atoms with Crippen LogP contribution in [0.5, 0.6) is 0 Å². The average Bonchev–Trinajstić information content (AvgIpc) is 3.55. The molecule has 3 N–H and O–H groups in total. The molecule has 0 spiro atoms. The third kappa shape index (κ3) is 7.67. The second-order valence-electron chi connectivity index (χ2n) is 8.48. The molecule has 1 aromatic carbocycles. The monoisotopic (exact) mass is 403 g/mol. The second-order valence-corrected chi connectivity index (χ2v) is 8.48. The summed E-state index contributed by atoms with van der Waals surface area (Å²) >= 11 is 0. The number of nitrogens with one attached hydrogen (secondary N) is 3. The maximum absolute atomic E-state index is 13.1. The molecule has 0 aliphatic heterocycles. The molecule has 0 bridgehead atoms. The van der Waals surface area contributed by atoms with Gasteiger partial charge >= 0.3 is 6.03 Å². The number of halogens is 1. The van der Waals surface area contributed by atoms with E-state index in [1.54, 1.807) is 12.1 Å². The number of carbonyl (C=O) groups is 2. The van der Waals surface area contributed by atoms with Crippen LogP contribution in [0.1, 0.15) is 82.2 Å². The van der Waals surface area contributed by atoms with Crippen molar-refractivity contribution >= 4 is 11.9 Å². The van der Waals surface area contributed by atoms with E-state index >= 15 is 0 Å². The summed E-state index contributed by atoms with van der Waals surface area (Å²) in [6.07, 6.45) is 11.1. The summed E-state index contributed by atoms with van der Waals surface area (Å²) in [6.45, 7) is 0.639. The zero-order valence-corrected chi connectivity index (χ0v) is 17.2. The van der Waals surface area contributed by atoms with Gasteiger partial charge in [-0.15, -0.1) is 0 Å². The molecule has 1 aromatic rings. The first-order valence-electron chi connectivity index (χ1n) is 11.2. The molecule has 2 fully saturated rings. The van der Waals surface area contributed by atoms with Gasteiger partial charge in [0.2, 0.25) is 5.91 Å². The fraction of sp³-hybridized carbons (Fsp3) is 0.652. The van der Waals surface area contributed by atoms with Gasteiger partial charge in [-0.3, -0.25) is 4.79 Å². The second kappa shape index (κ2) is 11.2. The fourth-order valence-electron chi connectivity index (χ4n) is 4.09. The molecule has 0 aromatic heterocycles. The number of benzene rings is 1. The zero-order chi connectivity index (χ0) is 20.5. The lowest BCUT2D eigenvalue weighted by Crippen LogP contribution is -2.43. The standard InChI is InChI=1S/C23H34FN3O2/c24-19-14-12-18(13-15-19)22(17-10-11-17)27-21(28)9-5-2-6-16-25-23(29)26-20-7-3-1-4-8-20/h12-15,17,20,22H,1-11,16H2,(H,27,28)(H2,25,26,29). The highest BCUT2D eigenvalue weighted by Crippen LogP contribution is 2.41. The summed E-state index contributed by atoms with van der Waals surface area (Å²) in [5, 5.41) is 9.09. The van der Waals surface area contributed by atoms with Crippen LogP contribution in [0.25, 0.3) is 0 Å². The van der Waals surface area contributed by atoms with Crippen LogP contribution in [0, 0.1) is 11.7 Å². The molecule has 0 radical (unpaired) electrons. The molecule has 29 heavy (non-hydrogen) atoms. The molecule has 160 valence electrons. The maximum Gasteiger partial charge on any atom is 0.315 e. The molecule has 3 rings (SSSR count). The zero-order valence-electron chi connectivity index (χ0n) is 17.2. The number of hydrogen-bond donors (Lipinski definition) is 3. The van der Waals surface area contributed by atoms with Gasteiger partial charge in [0.05, 0.1) is 6.04 Å². The van der Waals surface area contributed by atoms with E-state index in [1.165, 1.54) is 31.4 Å². The smallest absolute Gasteiger partial charge is 0.315 e. The number of amides is 3. The van der Waals surface area contributed by atoms with Gasteiger partial charge in [0.1, 0.15) is 5.82 Å². The molecule has 0 saturated heterocycles. The Balaban J connectivity index is 1.26. The molecule has 0 heterocycles. The molecule has 3 amide bonds. The average molecular weight is 404 g/mol. The number of carbonyl (C=O) groups excluding carboxylic acids is 2. The summed E-state index contributed by atoms with van der Waals surface area (Å²) in [6, 6.07) is 6.69. The van der Waals surface area contributed by atoms with Gasteiger partial charge in [-0.1, -0.05) is 37.8 Å². The van der Waals surface area contributed by atoms with Gasteiger partial charge < -0.3 is 16.0 Å². The van der Waals surface area contributed by atoms with Crippen molar-refractivity contribution in [3.63, 3.8) is 0 Å². The number of urea groups is 1. The minimum atomic E-state index is -0.254. The van der Waals surface area contributed by atoms with Gasteiger partial charge in [-0.25, -0.2) is 9.18 Å². The van der Waals surface area contributed by atoms with E-state index in [1.807, 2.05) is 0 Å². The first-order chi connectivity index (χ1) is 14.1. The van der Waals surface area contributed by atoms with Gasteiger partial charge in [-0.2, -0.15) is 0 Å². The highest BCUT2D eigenvalue weighted by Gasteiger charge is 2.33. The summed E-state index contributed by atoms with van der Waals surface area (Å²) in [4.78, 5) is 24.2. The van der Waals surface area contributed by atoms with Crippen molar-refractivity contribution in [2.45, 2.75) is 82.7 Å². The van der Waals surface area contributed by atoms with Crippen molar-refractivity contribution in [1.82, 2.24) is 16.0 Å². The van der Waals surface area contributed by atoms with Gasteiger partial charge in [0.15, 0.2) is 0 Å². The summed E-state index contributed by atoms with van der Waals surface area (Å²) in [5.41, 5.74) is 0.982. The molecular formula is C23H34FN3O2. The minimum Gasteiger partial charge on any atom is -0.349 e. The van der Waals surface area contributed by atoms with Crippen LogP contribution in [-0.2, 0) is 4.79 Å². The molecule has 2 aliphatic carbocycles. The lowest BCUT2D eigenvalue weighted by Gasteiger charge is -2.22. The van der Waals surface area contributed by atoms with Crippen molar-refractivity contribution in [2.75, 3.05) is 6.54 Å². The van der Waals surface area contributed by atoms with Gasteiger partial charge in [0, 0.05) is 19.0 Å². The van der Waals surface area contributed by atoms with Crippen molar-refractivity contribution in [2.24, 2.45) is 5.92 Å².